The molecule has 1 heteroatoms. The second-order valence-electron chi connectivity index (χ2n) is 3.64. The zero-order valence-corrected chi connectivity index (χ0v) is 9.28. The first-order valence-corrected chi connectivity index (χ1v) is 5.56. The van der Waals surface area contributed by atoms with Crippen molar-refractivity contribution >= 4 is 5.78 Å². The minimum absolute atomic E-state index is 0.241. The fourth-order valence-corrected chi connectivity index (χ4v) is 1.44. The Labute approximate surface area is 91.8 Å². The summed E-state index contributed by atoms with van der Waals surface area (Å²) in [5, 5.41) is 0. The van der Waals surface area contributed by atoms with Gasteiger partial charge < -0.3 is 0 Å². The van der Waals surface area contributed by atoms with Gasteiger partial charge in [0.1, 0.15) is 0 Å². The number of carbonyl (C=O) groups is 1. The van der Waals surface area contributed by atoms with Gasteiger partial charge in [0.15, 0.2) is 5.78 Å². The third kappa shape index (κ3) is 5.16. The first-order chi connectivity index (χ1) is 7.33. The molecule has 0 spiro atoms. The lowest BCUT2D eigenvalue weighted by Gasteiger charge is -1.96. The van der Waals surface area contributed by atoms with Crippen LogP contribution in [0.25, 0.3) is 0 Å². The van der Waals surface area contributed by atoms with E-state index in [2.05, 4.69) is 12.1 Å². The van der Waals surface area contributed by atoms with Crippen LogP contribution in [0.4, 0.5) is 0 Å². The lowest BCUT2D eigenvalue weighted by atomic mass is 10.1. The molecular weight excluding hydrogens is 184 g/mol. The number of hydrogen-bond acceptors (Lipinski definition) is 1. The number of allylic oxidation sites excluding steroid dienone is 2. The molecule has 1 aromatic rings. The maximum absolute atomic E-state index is 11.2. The molecule has 0 aromatic heterocycles. The molecule has 0 amide bonds. The van der Waals surface area contributed by atoms with E-state index in [0.29, 0.717) is 6.42 Å². The molecule has 0 unspecified atom stereocenters. The van der Waals surface area contributed by atoms with Crippen molar-refractivity contribution in [3.8, 4) is 0 Å². The first-order valence-electron chi connectivity index (χ1n) is 5.56. The van der Waals surface area contributed by atoms with Gasteiger partial charge >= 0.3 is 0 Å². The van der Waals surface area contributed by atoms with E-state index in [9.17, 15) is 4.79 Å². The van der Waals surface area contributed by atoms with Gasteiger partial charge in [-0.25, -0.2) is 0 Å². The SMILES string of the molecule is CCCC(=O)/C=C/CCc1ccccc1. The maximum Gasteiger partial charge on any atom is 0.155 e. The van der Waals surface area contributed by atoms with Crippen molar-refractivity contribution in [2.75, 3.05) is 0 Å². The molecule has 80 valence electrons. The number of aryl methyl sites for hydroxylation is 1. The van der Waals surface area contributed by atoms with Crippen LogP contribution in [0.5, 0.6) is 0 Å². The van der Waals surface area contributed by atoms with Crippen molar-refractivity contribution in [1.82, 2.24) is 0 Å². The molecule has 0 saturated carbocycles. The predicted octanol–water partition coefficient (Wildman–Crippen LogP) is 3.54. The molecule has 0 N–H and O–H groups in total. The van der Waals surface area contributed by atoms with E-state index in [-0.39, 0.29) is 5.78 Å². The van der Waals surface area contributed by atoms with Crippen LogP contribution in [0, 0.1) is 0 Å². The second kappa shape index (κ2) is 6.99. The fraction of sp³-hybridized carbons (Fsp3) is 0.357. The van der Waals surface area contributed by atoms with Gasteiger partial charge in [0.05, 0.1) is 0 Å². The summed E-state index contributed by atoms with van der Waals surface area (Å²) in [4.78, 5) is 11.2. The Balaban J connectivity index is 2.24. The molecule has 0 atom stereocenters. The average molecular weight is 202 g/mol. The van der Waals surface area contributed by atoms with E-state index < -0.39 is 0 Å². The normalized spacial score (nSPS) is 10.7. The van der Waals surface area contributed by atoms with Crippen molar-refractivity contribution in [2.45, 2.75) is 32.6 Å². The number of carbonyl (C=O) groups excluding carboxylic acids is 1. The summed E-state index contributed by atoms with van der Waals surface area (Å²) in [5.74, 6) is 0.241. The van der Waals surface area contributed by atoms with Crippen LogP contribution in [0.1, 0.15) is 31.7 Å². The highest BCUT2D eigenvalue weighted by atomic mass is 16.1. The predicted molar refractivity (Wildman–Crippen MR) is 63.8 cm³/mol. The summed E-state index contributed by atoms with van der Waals surface area (Å²) >= 11 is 0. The van der Waals surface area contributed by atoms with Gasteiger partial charge in [0, 0.05) is 6.42 Å². The molecule has 1 aromatic carbocycles. The Morgan fingerprint density at radius 1 is 1.27 bits per heavy atom. The highest BCUT2D eigenvalue weighted by Crippen LogP contribution is 2.03. The van der Waals surface area contributed by atoms with Gasteiger partial charge in [-0.15, -0.1) is 0 Å². The van der Waals surface area contributed by atoms with Crippen molar-refractivity contribution < 1.29 is 4.79 Å². The lowest BCUT2D eigenvalue weighted by molar-refractivity contribution is -0.114. The maximum atomic E-state index is 11.2. The molecule has 1 nitrogen and oxygen atoms in total. The summed E-state index contributed by atoms with van der Waals surface area (Å²) in [5.41, 5.74) is 1.32. The Bertz CT molecular complexity index is 311. The molecule has 1 rings (SSSR count). The van der Waals surface area contributed by atoms with Crippen LogP contribution in [0.3, 0.4) is 0 Å². The fourth-order valence-electron chi connectivity index (χ4n) is 1.44. The standard InChI is InChI=1S/C14H18O/c1-2-8-14(15)12-7-6-11-13-9-4-3-5-10-13/h3-5,7,9-10,12H,2,6,8,11H2,1H3/b12-7+. The minimum atomic E-state index is 0.241. The summed E-state index contributed by atoms with van der Waals surface area (Å²) < 4.78 is 0. The summed E-state index contributed by atoms with van der Waals surface area (Å²) in [6.45, 7) is 2.02. The zero-order valence-electron chi connectivity index (χ0n) is 9.28. The molecule has 0 fully saturated rings. The molecule has 0 aliphatic carbocycles. The van der Waals surface area contributed by atoms with E-state index in [0.717, 1.165) is 19.3 Å². The van der Waals surface area contributed by atoms with E-state index in [1.165, 1.54) is 5.56 Å². The Morgan fingerprint density at radius 3 is 2.67 bits per heavy atom. The third-order valence-electron chi connectivity index (χ3n) is 2.24. The quantitative estimate of drug-likeness (QED) is 0.645. The van der Waals surface area contributed by atoms with E-state index in [1.807, 2.05) is 31.2 Å². The van der Waals surface area contributed by atoms with Gasteiger partial charge in [0.2, 0.25) is 0 Å². The van der Waals surface area contributed by atoms with E-state index >= 15 is 0 Å². The molecule has 0 bridgehead atoms. The van der Waals surface area contributed by atoms with E-state index in [4.69, 9.17) is 0 Å². The van der Waals surface area contributed by atoms with Crippen LogP contribution in [-0.4, -0.2) is 5.78 Å². The number of rotatable bonds is 6. The lowest BCUT2D eigenvalue weighted by Crippen LogP contribution is -1.90. The van der Waals surface area contributed by atoms with Crippen LogP contribution in [-0.2, 0) is 11.2 Å². The van der Waals surface area contributed by atoms with Gasteiger partial charge in [-0.05, 0) is 30.9 Å². The van der Waals surface area contributed by atoms with Crippen LogP contribution < -0.4 is 0 Å². The monoisotopic (exact) mass is 202 g/mol. The van der Waals surface area contributed by atoms with Gasteiger partial charge in [-0.1, -0.05) is 43.3 Å². The third-order valence-corrected chi connectivity index (χ3v) is 2.24. The molecule has 0 aliphatic heterocycles. The number of benzene rings is 1. The highest BCUT2D eigenvalue weighted by molar-refractivity contribution is 5.89. The molecule has 0 saturated heterocycles. The minimum Gasteiger partial charge on any atom is -0.295 e. The Hall–Kier alpha value is -1.37. The zero-order chi connectivity index (χ0) is 10.9. The molecular formula is C14H18O. The summed E-state index contributed by atoms with van der Waals surface area (Å²) in [6.07, 6.45) is 7.25. The summed E-state index contributed by atoms with van der Waals surface area (Å²) in [7, 11) is 0. The van der Waals surface area contributed by atoms with Gasteiger partial charge in [-0.2, -0.15) is 0 Å². The largest absolute Gasteiger partial charge is 0.295 e. The summed E-state index contributed by atoms with van der Waals surface area (Å²) in [6, 6.07) is 10.3. The topological polar surface area (TPSA) is 17.1 Å². The van der Waals surface area contributed by atoms with Crippen molar-refractivity contribution in [3.63, 3.8) is 0 Å². The molecule has 0 radical (unpaired) electrons. The van der Waals surface area contributed by atoms with Gasteiger partial charge in [0.25, 0.3) is 0 Å². The van der Waals surface area contributed by atoms with Gasteiger partial charge in [-0.3, -0.25) is 4.79 Å². The van der Waals surface area contributed by atoms with Crippen molar-refractivity contribution in [1.29, 1.82) is 0 Å². The van der Waals surface area contributed by atoms with Crippen LogP contribution >= 0.6 is 0 Å². The first kappa shape index (κ1) is 11.7. The van der Waals surface area contributed by atoms with Crippen molar-refractivity contribution in [3.05, 3.63) is 48.0 Å². The molecule has 0 heterocycles. The average Bonchev–Trinajstić information content (AvgIpc) is 2.26. The molecule has 15 heavy (non-hydrogen) atoms. The Kier molecular flexibility index (Phi) is 5.46. The number of ketones is 1. The smallest absolute Gasteiger partial charge is 0.155 e. The highest BCUT2D eigenvalue weighted by Gasteiger charge is 1.92. The Morgan fingerprint density at radius 2 is 2.00 bits per heavy atom. The van der Waals surface area contributed by atoms with Crippen LogP contribution in [0.15, 0.2) is 42.5 Å². The van der Waals surface area contributed by atoms with Crippen LogP contribution in [0.2, 0.25) is 0 Å². The second-order valence-corrected chi connectivity index (χ2v) is 3.64. The number of hydrogen-bond donors (Lipinski definition) is 0. The van der Waals surface area contributed by atoms with Crippen molar-refractivity contribution in [2.24, 2.45) is 0 Å². The van der Waals surface area contributed by atoms with E-state index in [1.54, 1.807) is 6.08 Å². The molecule has 0 aliphatic rings.